The van der Waals surface area contributed by atoms with Gasteiger partial charge in [-0.05, 0) is 33.3 Å². The number of benzene rings is 1. The van der Waals surface area contributed by atoms with Crippen molar-refractivity contribution in [2.75, 3.05) is 7.11 Å². The van der Waals surface area contributed by atoms with Gasteiger partial charge in [-0.2, -0.15) is 0 Å². The number of methoxy groups -OCH3 is 1. The van der Waals surface area contributed by atoms with Crippen molar-refractivity contribution in [1.82, 2.24) is 0 Å². The third-order valence-corrected chi connectivity index (χ3v) is 5.31. The van der Waals surface area contributed by atoms with E-state index >= 15 is 0 Å². The van der Waals surface area contributed by atoms with E-state index in [1.54, 1.807) is 32.9 Å². The average molecular weight is 438 g/mol. The molecule has 1 aromatic rings. The van der Waals surface area contributed by atoms with Crippen LogP contribution in [0.3, 0.4) is 0 Å². The van der Waals surface area contributed by atoms with Crippen molar-refractivity contribution >= 4 is 5.97 Å². The predicted molar refractivity (Wildman–Crippen MR) is 109 cm³/mol. The second kappa shape index (κ2) is 9.13. The summed E-state index contributed by atoms with van der Waals surface area (Å²) in [5, 5.41) is 41.2. The molecule has 9 heteroatoms. The summed E-state index contributed by atoms with van der Waals surface area (Å²) in [7, 11) is 1.40. The van der Waals surface area contributed by atoms with Crippen LogP contribution in [-0.4, -0.2) is 69.8 Å². The summed E-state index contributed by atoms with van der Waals surface area (Å²) in [6.45, 7) is 5.10. The van der Waals surface area contributed by atoms with E-state index in [-0.39, 0.29) is 29.0 Å². The van der Waals surface area contributed by atoms with Crippen molar-refractivity contribution in [3.63, 3.8) is 0 Å². The Morgan fingerprint density at radius 3 is 2.61 bits per heavy atom. The first kappa shape index (κ1) is 23.5. The fourth-order valence-electron chi connectivity index (χ4n) is 3.88. The molecule has 0 amide bonds. The molecule has 0 bridgehead atoms. The summed E-state index contributed by atoms with van der Waals surface area (Å²) < 4.78 is 22.1. The first-order chi connectivity index (χ1) is 14.5. The van der Waals surface area contributed by atoms with E-state index < -0.39 is 48.4 Å². The number of esters is 1. The Balaban J connectivity index is 1.77. The van der Waals surface area contributed by atoms with E-state index in [2.05, 4.69) is 0 Å². The number of ether oxygens (including phenoxy) is 4. The molecule has 0 saturated carbocycles. The van der Waals surface area contributed by atoms with Crippen LogP contribution in [0.4, 0.5) is 0 Å². The van der Waals surface area contributed by atoms with E-state index in [9.17, 15) is 25.2 Å². The molecular formula is C22H30O9. The quantitative estimate of drug-likeness (QED) is 0.369. The lowest BCUT2D eigenvalue weighted by atomic mass is 9.90. The molecule has 0 aromatic heterocycles. The van der Waals surface area contributed by atoms with E-state index in [1.165, 1.54) is 19.2 Å². The SMILES string of the molecule is COc1cc(O)c2c(c1)[C@@H](O)[C@H](C[C@H](O)[C@@H]1OC(C)(C)O[C@H]1/C=C/C[C@H](C)O)OC2=O. The Morgan fingerprint density at radius 2 is 1.97 bits per heavy atom. The molecular weight excluding hydrogens is 408 g/mol. The van der Waals surface area contributed by atoms with Crippen molar-refractivity contribution in [3.8, 4) is 11.5 Å². The Labute approximate surface area is 180 Å². The molecule has 2 aliphatic heterocycles. The molecule has 2 heterocycles. The van der Waals surface area contributed by atoms with E-state index in [4.69, 9.17) is 18.9 Å². The van der Waals surface area contributed by atoms with Gasteiger partial charge in [0.2, 0.25) is 0 Å². The van der Waals surface area contributed by atoms with Gasteiger partial charge < -0.3 is 39.4 Å². The van der Waals surface area contributed by atoms with Crippen molar-refractivity contribution in [1.29, 1.82) is 0 Å². The molecule has 172 valence electrons. The minimum Gasteiger partial charge on any atom is -0.507 e. The maximum atomic E-state index is 12.4. The fourth-order valence-corrected chi connectivity index (χ4v) is 3.88. The summed E-state index contributed by atoms with van der Waals surface area (Å²) in [6, 6.07) is 2.72. The normalized spacial score (nSPS) is 29.5. The van der Waals surface area contributed by atoms with Gasteiger partial charge in [0.05, 0.1) is 19.3 Å². The smallest absolute Gasteiger partial charge is 0.342 e. The topological polar surface area (TPSA) is 135 Å². The predicted octanol–water partition coefficient (Wildman–Crippen LogP) is 1.57. The molecule has 0 unspecified atom stereocenters. The van der Waals surface area contributed by atoms with Crippen molar-refractivity contribution in [2.45, 2.75) is 76.0 Å². The van der Waals surface area contributed by atoms with Crippen LogP contribution in [0.25, 0.3) is 0 Å². The van der Waals surface area contributed by atoms with Gasteiger partial charge >= 0.3 is 5.97 Å². The van der Waals surface area contributed by atoms with Gasteiger partial charge in [-0.3, -0.25) is 0 Å². The lowest BCUT2D eigenvalue weighted by Crippen LogP contribution is -2.41. The highest BCUT2D eigenvalue weighted by molar-refractivity contribution is 5.95. The van der Waals surface area contributed by atoms with Gasteiger partial charge in [0.25, 0.3) is 0 Å². The van der Waals surface area contributed by atoms with Crippen LogP contribution in [0.5, 0.6) is 11.5 Å². The first-order valence-electron chi connectivity index (χ1n) is 10.2. The molecule has 9 nitrogen and oxygen atoms in total. The van der Waals surface area contributed by atoms with Crippen LogP contribution < -0.4 is 4.74 Å². The van der Waals surface area contributed by atoms with Crippen LogP contribution >= 0.6 is 0 Å². The number of rotatable bonds is 7. The number of carbonyl (C=O) groups excluding carboxylic acids is 1. The van der Waals surface area contributed by atoms with Crippen LogP contribution in [0.2, 0.25) is 0 Å². The van der Waals surface area contributed by atoms with Crippen LogP contribution in [0, 0.1) is 0 Å². The number of phenols is 1. The van der Waals surface area contributed by atoms with Gasteiger partial charge in [-0.25, -0.2) is 4.79 Å². The highest BCUT2D eigenvalue weighted by Crippen LogP contribution is 2.40. The summed E-state index contributed by atoms with van der Waals surface area (Å²) in [4.78, 5) is 12.4. The Kier molecular flexibility index (Phi) is 6.92. The zero-order valence-electron chi connectivity index (χ0n) is 18.0. The van der Waals surface area contributed by atoms with Crippen LogP contribution in [0.1, 0.15) is 55.6 Å². The monoisotopic (exact) mass is 438 g/mol. The number of fused-ring (bicyclic) bond motifs is 1. The van der Waals surface area contributed by atoms with Crippen LogP contribution in [0.15, 0.2) is 24.3 Å². The standard InChI is InChI=1S/C22H30O9/c1-11(23)6-5-7-16-20(31-22(2,3)30-16)15(25)10-17-19(26)13-8-12(28-4)9-14(24)18(13)21(27)29-17/h5,7-9,11,15-17,19-20,23-26H,6,10H2,1-4H3/b7-5+/t11-,15-,16-,17-,19+,20-/m0/s1. The van der Waals surface area contributed by atoms with Gasteiger partial charge in [0.15, 0.2) is 5.79 Å². The summed E-state index contributed by atoms with van der Waals surface area (Å²) in [6.07, 6.45) is -1.56. The zero-order valence-corrected chi connectivity index (χ0v) is 18.0. The first-order valence-corrected chi connectivity index (χ1v) is 10.2. The second-order valence-corrected chi connectivity index (χ2v) is 8.38. The number of phenolic OH excluding ortho intramolecular Hbond substituents is 1. The molecule has 0 radical (unpaired) electrons. The zero-order chi connectivity index (χ0) is 22.9. The number of aliphatic hydroxyl groups excluding tert-OH is 3. The van der Waals surface area contributed by atoms with Gasteiger partial charge in [0, 0.05) is 18.1 Å². The summed E-state index contributed by atoms with van der Waals surface area (Å²) >= 11 is 0. The Hall–Kier alpha value is -2.17. The van der Waals surface area contributed by atoms with E-state index in [0.29, 0.717) is 6.42 Å². The molecule has 1 saturated heterocycles. The molecule has 0 aliphatic carbocycles. The molecule has 1 fully saturated rings. The van der Waals surface area contributed by atoms with E-state index in [0.717, 1.165) is 0 Å². The molecule has 6 atom stereocenters. The summed E-state index contributed by atoms with van der Waals surface area (Å²) in [5.41, 5.74) is 0.0437. The third kappa shape index (κ3) is 5.19. The highest BCUT2D eigenvalue weighted by atomic mass is 16.8. The van der Waals surface area contributed by atoms with Crippen molar-refractivity contribution in [2.24, 2.45) is 0 Å². The highest BCUT2D eigenvalue weighted by Gasteiger charge is 2.46. The number of aliphatic hydroxyl groups is 3. The van der Waals surface area contributed by atoms with Gasteiger partial charge in [-0.15, -0.1) is 0 Å². The molecule has 1 aromatic carbocycles. The lowest BCUT2D eigenvalue weighted by molar-refractivity contribution is -0.157. The fraction of sp³-hybridized carbons (Fsp3) is 0.591. The minimum absolute atomic E-state index is 0.116. The second-order valence-electron chi connectivity index (χ2n) is 8.38. The lowest BCUT2D eigenvalue weighted by Gasteiger charge is -2.32. The number of hydrogen-bond acceptors (Lipinski definition) is 9. The van der Waals surface area contributed by atoms with Crippen molar-refractivity contribution in [3.05, 3.63) is 35.4 Å². The maximum Gasteiger partial charge on any atom is 0.342 e. The maximum absolute atomic E-state index is 12.4. The number of cyclic esters (lactones) is 1. The minimum atomic E-state index is -1.28. The largest absolute Gasteiger partial charge is 0.507 e. The Bertz CT molecular complexity index is 833. The average Bonchev–Trinajstić information content (AvgIpc) is 2.99. The summed E-state index contributed by atoms with van der Waals surface area (Å²) in [5.74, 6) is -1.81. The Morgan fingerprint density at radius 1 is 1.26 bits per heavy atom. The molecule has 3 rings (SSSR count). The van der Waals surface area contributed by atoms with Crippen molar-refractivity contribution < 1.29 is 44.2 Å². The number of aromatic hydroxyl groups is 1. The van der Waals surface area contributed by atoms with Gasteiger partial charge in [0.1, 0.15) is 41.5 Å². The molecule has 4 N–H and O–H groups in total. The van der Waals surface area contributed by atoms with Crippen LogP contribution in [-0.2, 0) is 14.2 Å². The number of hydrogen-bond donors (Lipinski definition) is 4. The molecule has 2 aliphatic rings. The van der Waals surface area contributed by atoms with Gasteiger partial charge in [-0.1, -0.05) is 12.2 Å². The molecule has 31 heavy (non-hydrogen) atoms. The number of carbonyl (C=O) groups is 1. The van der Waals surface area contributed by atoms with E-state index in [1.807, 2.05) is 0 Å². The third-order valence-electron chi connectivity index (χ3n) is 5.31. The molecule has 0 spiro atoms.